The lowest BCUT2D eigenvalue weighted by atomic mass is 10.1. The van der Waals surface area contributed by atoms with E-state index < -0.39 is 58.8 Å². The van der Waals surface area contributed by atoms with Gasteiger partial charge in [0.05, 0.1) is 37.3 Å². The Balaban J connectivity index is 1.44. The van der Waals surface area contributed by atoms with Crippen molar-refractivity contribution < 1.29 is 59.0 Å². The molecule has 0 aliphatic rings. The third-order valence-corrected chi connectivity index (χ3v) is 7.74. The molecule has 4 aromatic rings. The maximum absolute atomic E-state index is 13.3. The summed E-state index contributed by atoms with van der Waals surface area (Å²) in [5.74, 6) is -6.40. The molecule has 1 unspecified atom stereocenters. The molecule has 16 nitrogen and oxygen atoms in total. The minimum absolute atomic E-state index is 0.0975. The van der Waals surface area contributed by atoms with Gasteiger partial charge in [0, 0.05) is 16.8 Å². The highest BCUT2D eigenvalue weighted by atomic mass is 16.5. The quantitative estimate of drug-likeness (QED) is 0.0888. The van der Waals surface area contributed by atoms with Crippen LogP contribution in [0.1, 0.15) is 50.5 Å². The van der Waals surface area contributed by atoms with Gasteiger partial charge in [0.2, 0.25) is 5.91 Å². The summed E-state index contributed by atoms with van der Waals surface area (Å²) in [7, 11) is 2.31. The Hall–Kier alpha value is -7.07. The van der Waals surface area contributed by atoms with Crippen LogP contribution in [0.15, 0.2) is 78.4 Å². The van der Waals surface area contributed by atoms with Crippen LogP contribution in [-0.4, -0.2) is 81.5 Å². The molecule has 0 aliphatic heterocycles. The Morgan fingerprint density at radius 3 is 1.79 bits per heavy atom. The number of aromatic carboxylic acids is 1. The molecule has 0 saturated heterocycles. The predicted molar refractivity (Wildman–Crippen MR) is 193 cm³/mol. The van der Waals surface area contributed by atoms with Gasteiger partial charge < -0.3 is 56.3 Å². The van der Waals surface area contributed by atoms with Crippen molar-refractivity contribution in [3.05, 3.63) is 101 Å². The van der Waals surface area contributed by atoms with Gasteiger partial charge in [-0.25, -0.2) is 4.79 Å². The average Bonchev–Trinajstić information content (AvgIpc) is 3.11. The summed E-state index contributed by atoms with van der Waals surface area (Å²) in [6.07, 6.45) is 0.238. The van der Waals surface area contributed by atoms with Crippen LogP contribution in [0.25, 0.3) is 6.08 Å². The minimum Gasteiger partial charge on any atom is -0.508 e. The number of rotatable bonds is 13. The summed E-state index contributed by atoms with van der Waals surface area (Å²) >= 11 is 0. The first kappa shape index (κ1) is 38.7. The summed E-state index contributed by atoms with van der Waals surface area (Å²) < 4.78 is 10.3. The number of benzene rings is 4. The van der Waals surface area contributed by atoms with Crippen molar-refractivity contribution in [3.8, 4) is 28.7 Å². The van der Waals surface area contributed by atoms with E-state index in [0.717, 1.165) is 26.4 Å². The monoisotopic (exact) mass is 728 g/mol. The number of methoxy groups -OCH3 is 2. The number of aromatic hydroxyl groups is 3. The molecular formula is C37H36N4O12. The number of carboxylic acids is 1. The Labute approximate surface area is 302 Å². The van der Waals surface area contributed by atoms with Crippen molar-refractivity contribution in [3.63, 3.8) is 0 Å². The maximum atomic E-state index is 13.3. The molecule has 0 spiro atoms. The zero-order chi connectivity index (χ0) is 39.0. The molecule has 9 N–H and O–H groups in total. The fourth-order valence-corrected chi connectivity index (χ4v) is 4.96. The second-order valence-electron chi connectivity index (χ2n) is 11.5. The third-order valence-electron chi connectivity index (χ3n) is 7.74. The molecule has 0 aliphatic carbocycles. The highest BCUT2D eigenvalue weighted by Crippen LogP contribution is 2.40. The Bertz CT molecular complexity index is 2080. The van der Waals surface area contributed by atoms with Crippen LogP contribution in [-0.2, 0) is 9.59 Å². The number of carboxylic acid groups (broad SMARTS) is 1. The molecule has 4 aromatic carbocycles. The van der Waals surface area contributed by atoms with E-state index in [1.54, 1.807) is 25.1 Å². The van der Waals surface area contributed by atoms with Gasteiger partial charge in [0.25, 0.3) is 17.7 Å². The normalized spacial score (nSPS) is 12.1. The zero-order valence-electron chi connectivity index (χ0n) is 28.8. The summed E-state index contributed by atoms with van der Waals surface area (Å²) in [5.41, 5.74) is 0.536. The molecular weight excluding hydrogens is 692 g/mol. The van der Waals surface area contributed by atoms with E-state index in [9.17, 15) is 49.5 Å². The molecule has 0 fully saturated rings. The van der Waals surface area contributed by atoms with Crippen LogP contribution in [0, 0.1) is 0 Å². The molecule has 0 bridgehead atoms. The van der Waals surface area contributed by atoms with Crippen molar-refractivity contribution in [2.75, 3.05) is 30.2 Å². The predicted octanol–water partition coefficient (Wildman–Crippen LogP) is 3.93. The van der Waals surface area contributed by atoms with E-state index in [2.05, 4.69) is 21.3 Å². The molecule has 276 valence electrons. The first-order valence-corrected chi connectivity index (χ1v) is 15.7. The number of aliphatic hydroxyl groups excluding tert-OH is 1. The smallest absolute Gasteiger partial charge is 0.339 e. The van der Waals surface area contributed by atoms with E-state index in [4.69, 9.17) is 9.47 Å². The molecule has 53 heavy (non-hydrogen) atoms. The van der Waals surface area contributed by atoms with Crippen LogP contribution < -0.4 is 30.7 Å². The lowest BCUT2D eigenvalue weighted by molar-refractivity contribution is -0.120. The molecule has 4 amide bonds. The second-order valence-corrected chi connectivity index (χ2v) is 11.5. The van der Waals surface area contributed by atoms with Crippen molar-refractivity contribution >= 4 is 52.7 Å². The van der Waals surface area contributed by atoms with Crippen LogP contribution in [0.4, 0.5) is 17.1 Å². The van der Waals surface area contributed by atoms with E-state index in [0.29, 0.717) is 16.8 Å². The molecule has 0 aromatic heterocycles. The molecule has 0 saturated carbocycles. The number of anilines is 3. The maximum Gasteiger partial charge on any atom is 0.339 e. The molecule has 16 heteroatoms. The molecule has 4 rings (SSSR count). The van der Waals surface area contributed by atoms with Gasteiger partial charge in [-0.1, -0.05) is 12.1 Å². The van der Waals surface area contributed by atoms with Crippen molar-refractivity contribution in [1.82, 2.24) is 5.32 Å². The zero-order valence-corrected chi connectivity index (χ0v) is 28.8. The standard InChI is InChI=1S/C37H36N4O12/c1-18(17-20-5-11-23(43)12-6-20)33(46)38-22-9-7-21(8-10-22)34(47)41-28(19(2)42)36(49)40-27-15-13-24(29(44)31(27)52-3)35(48)39-26-16-14-25(37(50)51)30(45)32(26)53-4/h5-17,19,28,42-45H,1-4H3,(H,38,46)(H,39,48)(H,40,49)(H,41,47)(H,50,51)/b18-17+/t19?,28-/m0/s1. The number of aliphatic hydroxyl groups is 1. The van der Waals surface area contributed by atoms with Crippen LogP contribution in [0.5, 0.6) is 28.7 Å². The SMILES string of the molecule is COc1c(NC(=O)c2ccc(NC(=O)[C@@H](NC(=O)c3ccc(NC(=O)/C(C)=C/c4ccc(O)cc4)cc3)C(C)O)c(OC)c2O)ccc(C(=O)O)c1O. The number of hydrogen-bond acceptors (Lipinski definition) is 11. The fraction of sp³-hybridized carbons (Fsp3) is 0.162. The summed E-state index contributed by atoms with van der Waals surface area (Å²) in [4.78, 5) is 63.4. The van der Waals surface area contributed by atoms with Crippen LogP contribution in [0.2, 0.25) is 0 Å². The Kier molecular flexibility index (Phi) is 12.2. The Morgan fingerprint density at radius 2 is 1.25 bits per heavy atom. The topological polar surface area (TPSA) is 253 Å². The molecule has 0 radical (unpaired) electrons. The highest BCUT2D eigenvalue weighted by Gasteiger charge is 2.29. The van der Waals surface area contributed by atoms with Crippen molar-refractivity contribution in [2.45, 2.75) is 26.0 Å². The second kappa shape index (κ2) is 16.8. The van der Waals surface area contributed by atoms with Gasteiger partial charge in [-0.2, -0.15) is 0 Å². The first-order chi connectivity index (χ1) is 25.1. The lowest BCUT2D eigenvalue weighted by Gasteiger charge is -2.22. The summed E-state index contributed by atoms with van der Waals surface area (Å²) in [6.45, 7) is 2.89. The molecule has 2 atom stereocenters. The first-order valence-electron chi connectivity index (χ1n) is 15.7. The average molecular weight is 729 g/mol. The van der Waals surface area contributed by atoms with Crippen LogP contribution >= 0.6 is 0 Å². The van der Waals surface area contributed by atoms with E-state index in [1.807, 2.05) is 0 Å². The largest absolute Gasteiger partial charge is 0.508 e. The number of carbonyl (C=O) groups excluding carboxylic acids is 4. The van der Waals surface area contributed by atoms with Gasteiger partial charge in [-0.05, 0) is 86.2 Å². The van der Waals surface area contributed by atoms with E-state index in [1.165, 1.54) is 55.5 Å². The van der Waals surface area contributed by atoms with Crippen molar-refractivity contribution in [2.24, 2.45) is 0 Å². The van der Waals surface area contributed by atoms with Crippen LogP contribution in [0.3, 0.4) is 0 Å². The number of amides is 4. The number of nitrogens with one attached hydrogen (secondary N) is 4. The number of hydrogen-bond donors (Lipinski definition) is 9. The number of ether oxygens (including phenoxy) is 2. The summed E-state index contributed by atoms with van der Waals surface area (Å²) in [5, 5.41) is 60.2. The molecule has 0 heterocycles. The number of phenols is 3. The van der Waals surface area contributed by atoms with Gasteiger partial charge in [0.1, 0.15) is 17.4 Å². The minimum atomic E-state index is -1.50. The van der Waals surface area contributed by atoms with Gasteiger partial charge in [0.15, 0.2) is 23.0 Å². The Morgan fingerprint density at radius 1 is 0.698 bits per heavy atom. The third kappa shape index (κ3) is 9.19. The fourth-order valence-electron chi connectivity index (χ4n) is 4.96. The summed E-state index contributed by atoms with van der Waals surface area (Å²) in [6, 6.07) is 15.2. The number of phenolic OH excluding ortho intramolecular Hbond substituents is 2. The van der Waals surface area contributed by atoms with Gasteiger partial charge >= 0.3 is 5.97 Å². The highest BCUT2D eigenvalue weighted by molar-refractivity contribution is 6.10. The van der Waals surface area contributed by atoms with E-state index in [-0.39, 0.29) is 39.8 Å². The van der Waals surface area contributed by atoms with Gasteiger partial charge in [-0.3, -0.25) is 19.2 Å². The van der Waals surface area contributed by atoms with Gasteiger partial charge in [-0.15, -0.1) is 0 Å². The van der Waals surface area contributed by atoms with Crippen molar-refractivity contribution in [1.29, 1.82) is 0 Å². The van der Waals surface area contributed by atoms with E-state index >= 15 is 0 Å². The lowest BCUT2D eigenvalue weighted by Crippen LogP contribution is -2.50. The number of carbonyl (C=O) groups is 5.